The number of carbonyl (C=O) groups is 2. The third kappa shape index (κ3) is 8.89. The summed E-state index contributed by atoms with van der Waals surface area (Å²) in [5.41, 5.74) is 0.629. The first-order valence-corrected chi connectivity index (χ1v) is 17.3. The highest BCUT2D eigenvalue weighted by Crippen LogP contribution is 2.28. The van der Waals surface area contributed by atoms with Gasteiger partial charge in [0, 0.05) is 22.6 Å². The monoisotopic (exact) mass is 677 g/mol. The number of hydrogen-bond acceptors (Lipinski definition) is 5. The molecule has 1 atom stereocenters. The molecule has 0 radical (unpaired) electrons. The number of hydrogen-bond donors (Lipinski definition) is 1. The standard InChI is InChI=1S/C33H38Cl2FN3O5S/c1-3-31(33(41)37-26-8-6-5-7-9-26)38(21-23-10-11-24(34)20-30(23)35)32(40)22-39(27-14-12-25(36)13-15-27)45(42,43)29-18-16-28(17-19-29)44-4-2/h10-20,26,31H,3-9,21-22H2,1-2H3,(H,37,41). The summed E-state index contributed by atoms with van der Waals surface area (Å²) in [5, 5.41) is 3.82. The molecule has 1 unspecified atom stereocenters. The number of rotatable bonds is 13. The molecule has 3 aromatic rings. The van der Waals surface area contributed by atoms with Crippen LogP contribution in [0, 0.1) is 5.82 Å². The van der Waals surface area contributed by atoms with Crippen LogP contribution < -0.4 is 14.4 Å². The second-order valence-corrected chi connectivity index (χ2v) is 13.6. The van der Waals surface area contributed by atoms with Crippen molar-refractivity contribution in [2.75, 3.05) is 17.5 Å². The molecule has 1 aliphatic carbocycles. The first kappa shape index (κ1) is 34.5. The molecule has 1 fully saturated rings. The molecule has 12 heteroatoms. The van der Waals surface area contributed by atoms with Gasteiger partial charge in [0.2, 0.25) is 11.8 Å². The Balaban J connectivity index is 1.71. The first-order chi connectivity index (χ1) is 21.5. The van der Waals surface area contributed by atoms with Crippen LogP contribution in [0.5, 0.6) is 5.75 Å². The van der Waals surface area contributed by atoms with Gasteiger partial charge < -0.3 is 15.0 Å². The van der Waals surface area contributed by atoms with Crippen LogP contribution in [0.15, 0.2) is 71.6 Å². The third-order valence-corrected chi connectivity index (χ3v) is 10.2. The molecule has 1 saturated carbocycles. The SMILES string of the molecule is CCOc1ccc(S(=O)(=O)N(CC(=O)N(Cc2ccc(Cl)cc2Cl)C(CC)C(=O)NC2CCCCC2)c2ccc(F)cc2)cc1. The number of nitrogens with zero attached hydrogens (tertiary/aromatic N) is 2. The molecule has 0 saturated heterocycles. The Morgan fingerprint density at radius 1 is 0.978 bits per heavy atom. The molecule has 45 heavy (non-hydrogen) atoms. The predicted molar refractivity (Wildman–Crippen MR) is 175 cm³/mol. The lowest BCUT2D eigenvalue weighted by Crippen LogP contribution is -2.54. The summed E-state index contributed by atoms with van der Waals surface area (Å²) in [5.74, 6) is -1.02. The fourth-order valence-electron chi connectivity index (χ4n) is 5.44. The molecule has 0 aliphatic heterocycles. The van der Waals surface area contributed by atoms with E-state index in [2.05, 4.69) is 5.32 Å². The fourth-order valence-corrected chi connectivity index (χ4v) is 7.32. The minimum absolute atomic E-state index is 0.00660. The number of nitrogens with one attached hydrogen (secondary N) is 1. The zero-order chi connectivity index (χ0) is 32.6. The second kappa shape index (κ2) is 15.8. The van der Waals surface area contributed by atoms with E-state index in [0.29, 0.717) is 28.0 Å². The van der Waals surface area contributed by atoms with E-state index in [9.17, 15) is 22.4 Å². The van der Waals surface area contributed by atoms with E-state index in [0.717, 1.165) is 48.5 Å². The fraction of sp³-hybridized carbons (Fsp3) is 0.394. The zero-order valence-corrected chi connectivity index (χ0v) is 27.7. The number of sulfonamides is 1. The molecule has 1 N–H and O–H groups in total. The van der Waals surface area contributed by atoms with Gasteiger partial charge in [-0.25, -0.2) is 12.8 Å². The topological polar surface area (TPSA) is 96.0 Å². The van der Waals surface area contributed by atoms with Gasteiger partial charge in [-0.05, 0) is 92.4 Å². The molecule has 1 aliphatic rings. The van der Waals surface area contributed by atoms with E-state index in [4.69, 9.17) is 27.9 Å². The lowest BCUT2D eigenvalue weighted by molar-refractivity contribution is -0.140. The van der Waals surface area contributed by atoms with E-state index in [1.54, 1.807) is 25.1 Å². The summed E-state index contributed by atoms with van der Waals surface area (Å²) in [6, 6.07) is 14.6. The van der Waals surface area contributed by atoms with Gasteiger partial charge in [-0.2, -0.15) is 0 Å². The summed E-state index contributed by atoms with van der Waals surface area (Å²) >= 11 is 12.6. The third-order valence-electron chi connectivity index (χ3n) is 7.81. The van der Waals surface area contributed by atoms with Gasteiger partial charge >= 0.3 is 0 Å². The molecule has 4 rings (SSSR count). The van der Waals surface area contributed by atoms with Crippen molar-refractivity contribution >= 4 is 50.7 Å². The van der Waals surface area contributed by atoms with Gasteiger partial charge in [0.15, 0.2) is 0 Å². The van der Waals surface area contributed by atoms with Crippen molar-refractivity contribution in [3.8, 4) is 5.75 Å². The highest BCUT2D eigenvalue weighted by atomic mass is 35.5. The van der Waals surface area contributed by atoms with Crippen molar-refractivity contribution in [1.29, 1.82) is 0 Å². The Bertz CT molecular complexity index is 1570. The highest BCUT2D eigenvalue weighted by Gasteiger charge is 2.34. The minimum Gasteiger partial charge on any atom is -0.494 e. The number of ether oxygens (including phenoxy) is 1. The summed E-state index contributed by atoms with van der Waals surface area (Å²) in [4.78, 5) is 29.2. The number of amides is 2. The largest absolute Gasteiger partial charge is 0.494 e. The van der Waals surface area contributed by atoms with Crippen LogP contribution in [0.1, 0.15) is 57.9 Å². The van der Waals surface area contributed by atoms with E-state index in [1.807, 2.05) is 6.92 Å². The van der Waals surface area contributed by atoms with Crippen LogP contribution in [-0.4, -0.2) is 50.4 Å². The van der Waals surface area contributed by atoms with Gasteiger partial charge in [-0.1, -0.05) is 55.5 Å². The van der Waals surface area contributed by atoms with Crippen LogP contribution in [0.3, 0.4) is 0 Å². The average molecular weight is 679 g/mol. The maximum atomic E-state index is 14.3. The predicted octanol–water partition coefficient (Wildman–Crippen LogP) is 6.98. The maximum Gasteiger partial charge on any atom is 0.264 e. The van der Waals surface area contributed by atoms with Crippen LogP contribution in [0.2, 0.25) is 10.0 Å². The lowest BCUT2D eigenvalue weighted by atomic mass is 9.95. The number of halogens is 3. The van der Waals surface area contributed by atoms with Gasteiger partial charge in [-0.3, -0.25) is 13.9 Å². The van der Waals surface area contributed by atoms with Crippen molar-refractivity contribution in [3.63, 3.8) is 0 Å². The highest BCUT2D eigenvalue weighted by molar-refractivity contribution is 7.92. The molecular weight excluding hydrogens is 640 g/mol. The van der Waals surface area contributed by atoms with Crippen molar-refractivity contribution in [2.24, 2.45) is 0 Å². The van der Waals surface area contributed by atoms with Crippen LogP contribution in [0.4, 0.5) is 10.1 Å². The average Bonchev–Trinajstić information content (AvgIpc) is 3.02. The summed E-state index contributed by atoms with van der Waals surface area (Å²) < 4.78 is 48.3. The first-order valence-electron chi connectivity index (χ1n) is 15.1. The quantitative estimate of drug-likeness (QED) is 0.211. The van der Waals surface area contributed by atoms with Crippen LogP contribution in [-0.2, 0) is 26.2 Å². The maximum absolute atomic E-state index is 14.3. The van der Waals surface area contributed by atoms with Gasteiger partial charge in [0.25, 0.3) is 10.0 Å². The Labute approximate surface area is 274 Å². The molecule has 242 valence electrons. The van der Waals surface area contributed by atoms with E-state index in [1.165, 1.54) is 41.3 Å². The summed E-state index contributed by atoms with van der Waals surface area (Å²) in [7, 11) is -4.33. The Morgan fingerprint density at radius 2 is 1.64 bits per heavy atom. The van der Waals surface area contributed by atoms with Crippen LogP contribution >= 0.6 is 23.2 Å². The second-order valence-electron chi connectivity index (χ2n) is 10.9. The van der Waals surface area contributed by atoms with Crippen molar-refractivity contribution in [2.45, 2.75) is 75.9 Å². The number of benzene rings is 3. The lowest BCUT2D eigenvalue weighted by Gasteiger charge is -2.34. The van der Waals surface area contributed by atoms with E-state index < -0.39 is 34.3 Å². The van der Waals surface area contributed by atoms with Crippen molar-refractivity contribution in [1.82, 2.24) is 10.2 Å². The number of carbonyl (C=O) groups excluding carboxylic acids is 2. The smallest absolute Gasteiger partial charge is 0.264 e. The molecule has 3 aromatic carbocycles. The number of anilines is 1. The Morgan fingerprint density at radius 3 is 2.24 bits per heavy atom. The minimum atomic E-state index is -4.33. The van der Waals surface area contributed by atoms with Gasteiger partial charge in [0.1, 0.15) is 24.2 Å². The molecule has 0 spiro atoms. The molecule has 0 bridgehead atoms. The van der Waals surface area contributed by atoms with E-state index in [-0.39, 0.29) is 35.5 Å². The molecule has 0 heterocycles. The van der Waals surface area contributed by atoms with Gasteiger partial charge in [-0.15, -0.1) is 0 Å². The molecular formula is C33H38Cl2FN3O5S. The van der Waals surface area contributed by atoms with Crippen molar-refractivity contribution < 1.29 is 27.1 Å². The molecule has 2 amide bonds. The van der Waals surface area contributed by atoms with Crippen LogP contribution in [0.25, 0.3) is 0 Å². The Kier molecular flexibility index (Phi) is 12.1. The summed E-state index contributed by atoms with van der Waals surface area (Å²) in [6.45, 7) is 3.30. The molecule has 8 nitrogen and oxygen atoms in total. The normalized spacial score (nSPS) is 14.4. The van der Waals surface area contributed by atoms with Crippen molar-refractivity contribution in [3.05, 3.63) is 88.2 Å². The van der Waals surface area contributed by atoms with E-state index >= 15 is 0 Å². The molecule has 0 aromatic heterocycles. The van der Waals surface area contributed by atoms with Gasteiger partial charge in [0.05, 0.1) is 17.2 Å². The zero-order valence-electron chi connectivity index (χ0n) is 25.3. The summed E-state index contributed by atoms with van der Waals surface area (Å²) in [6.07, 6.45) is 5.14. The Hall–Kier alpha value is -3.34.